The van der Waals surface area contributed by atoms with E-state index in [4.69, 9.17) is 9.94 Å². The summed E-state index contributed by atoms with van der Waals surface area (Å²) in [5.74, 6) is 2.26. The lowest BCUT2D eigenvalue weighted by Crippen LogP contribution is -2.15. The molecule has 0 aromatic heterocycles. The Morgan fingerprint density at radius 1 is 1.36 bits per heavy atom. The lowest BCUT2D eigenvalue weighted by atomic mass is 10.6. The molecule has 0 aliphatic carbocycles. The van der Waals surface area contributed by atoms with E-state index in [9.17, 15) is 0 Å². The Hall–Kier alpha value is 0.230. The minimum Gasteiger partial charge on any atom is -0.379 e. The van der Waals surface area contributed by atoms with Crippen molar-refractivity contribution in [3.8, 4) is 0 Å². The van der Waals surface area contributed by atoms with E-state index in [1.165, 1.54) is 12.2 Å². The maximum Gasteiger partial charge on any atom is 0.0614 e. The summed E-state index contributed by atoms with van der Waals surface area (Å²) in [6, 6.07) is 0. The van der Waals surface area contributed by atoms with Crippen molar-refractivity contribution in [1.29, 1.82) is 0 Å². The Labute approximate surface area is 72.5 Å². The molecule has 0 atom stereocenters. The largest absolute Gasteiger partial charge is 0.379 e. The zero-order chi connectivity index (χ0) is 8.36. The van der Waals surface area contributed by atoms with Crippen molar-refractivity contribution in [2.75, 3.05) is 31.3 Å². The molecule has 0 heterocycles. The molecular weight excluding hydrogens is 162 g/mol. The lowest BCUT2D eigenvalue weighted by Gasteiger charge is -2.01. The average Bonchev–Trinajstić information content (AvgIpc) is 2.03. The number of ether oxygens (including phenoxy) is 1. The molecule has 0 rings (SSSR count). The van der Waals surface area contributed by atoms with E-state index < -0.39 is 0 Å². The van der Waals surface area contributed by atoms with Crippen molar-refractivity contribution >= 4 is 11.8 Å². The van der Waals surface area contributed by atoms with Crippen LogP contribution < -0.4 is 5.48 Å². The van der Waals surface area contributed by atoms with Crippen LogP contribution in [0.4, 0.5) is 0 Å². The molecule has 0 aromatic rings. The van der Waals surface area contributed by atoms with Gasteiger partial charge < -0.3 is 9.94 Å². The van der Waals surface area contributed by atoms with Crippen LogP contribution >= 0.6 is 11.8 Å². The van der Waals surface area contributed by atoms with Gasteiger partial charge in [-0.3, -0.25) is 0 Å². The third kappa shape index (κ3) is 10.2. The van der Waals surface area contributed by atoms with Gasteiger partial charge in [0, 0.05) is 12.3 Å². The van der Waals surface area contributed by atoms with Gasteiger partial charge in [0.05, 0.1) is 13.2 Å². The van der Waals surface area contributed by atoms with Crippen LogP contribution in [0.25, 0.3) is 0 Å². The van der Waals surface area contributed by atoms with E-state index in [2.05, 4.69) is 6.92 Å². The topological polar surface area (TPSA) is 41.5 Å². The van der Waals surface area contributed by atoms with Crippen LogP contribution in [0.5, 0.6) is 0 Å². The molecule has 0 aromatic carbocycles. The van der Waals surface area contributed by atoms with Crippen molar-refractivity contribution in [2.24, 2.45) is 0 Å². The second-order valence-electron chi connectivity index (χ2n) is 2.13. The van der Waals surface area contributed by atoms with Crippen LogP contribution in [0.15, 0.2) is 0 Å². The highest BCUT2D eigenvalue weighted by atomic mass is 32.2. The molecule has 68 valence electrons. The molecule has 3 nitrogen and oxygen atoms in total. The fraction of sp³-hybridized carbons (Fsp3) is 1.00. The number of rotatable bonds is 8. The predicted molar refractivity (Wildman–Crippen MR) is 48.2 cm³/mol. The Morgan fingerprint density at radius 3 is 2.82 bits per heavy atom. The van der Waals surface area contributed by atoms with Crippen molar-refractivity contribution < 1.29 is 9.94 Å². The summed E-state index contributed by atoms with van der Waals surface area (Å²) in [5, 5.41) is 8.17. The van der Waals surface area contributed by atoms with Crippen LogP contribution in [0.3, 0.4) is 0 Å². The monoisotopic (exact) mass is 179 g/mol. The second-order valence-corrected chi connectivity index (χ2v) is 3.36. The van der Waals surface area contributed by atoms with Crippen LogP contribution in [-0.2, 0) is 4.74 Å². The van der Waals surface area contributed by atoms with Gasteiger partial charge in [-0.05, 0) is 12.2 Å². The zero-order valence-corrected chi connectivity index (χ0v) is 7.82. The van der Waals surface area contributed by atoms with Gasteiger partial charge in [0.2, 0.25) is 0 Å². The predicted octanol–water partition coefficient (Wildman–Crippen LogP) is 1.12. The summed E-state index contributed by atoms with van der Waals surface area (Å²) in [7, 11) is 0. The van der Waals surface area contributed by atoms with Gasteiger partial charge in [-0.1, -0.05) is 6.92 Å². The minimum atomic E-state index is 0.512. The van der Waals surface area contributed by atoms with Gasteiger partial charge in [0.1, 0.15) is 0 Å². The molecule has 0 aliphatic heterocycles. The van der Waals surface area contributed by atoms with Crippen LogP contribution in [0.1, 0.15) is 13.3 Å². The molecule has 0 fully saturated rings. The molecule has 4 heteroatoms. The normalized spacial score (nSPS) is 10.4. The van der Waals surface area contributed by atoms with Crippen LogP contribution in [0.2, 0.25) is 0 Å². The van der Waals surface area contributed by atoms with E-state index in [1.54, 1.807) is 0 Å². The number of hydrogen-bond donors (Lipinski definition) is 2. The number of hydroxylamine groups is 1. The van der Waals surface area contributed by atoms with Crippen molar-refractivity contribution in [2.45, 2.75) is 13.3 Å². The first-order chi connectivity index (χ1) is 5.41. The third-order valence-corrected chi connectivity index (χ3v) is 2.23. The molecule has 0 bridgehead atoms. The second kappa shape index (κ2) is 10.2. The van der Waals surface area contributed by atoms with E-state index in [-0.39, 0.29) is 0 Å². The quantitative estimate of drug-likeness (QED) is 0.433. The minimum absolute atomic E-state index is 0.512. The van der Waals surface area contributed by atoms with Gasteiger partial charge in [-0.15, -0.1) is 0 Å². The summed E-state index contributed by atoms with van der Waals surface area (Å²) in [6.45, 7) is 4.05. The van der Waals surface area contributed by atoms with E-state index in [0.717, 1.165) is 12.4 Å². The fourth-order valence-electron chi connectivity index (χ4n) is 0.584. The number of hydrogen-bond acceptors (Lipinski definition) is 4. The van der Waals surface area contributed by atoms with E-state index in [1.807, 2.05) is 17.2 Å². The summed E-state index contributed by atoms with van der Waals surface area (Å²) in [4.78, 5) is 0. The fourth-order valence-corrected chi connectivity index (χ4v) is 1.31. The van der Waals surface area contributed by atoms with Gasteiger partial charge in [0.25, 0.3) is 0 Å². The van der Waals surface area contributed by atoms with E-state index in [0.29, 0.717) is 13.2 Å². The Bertz CT molecular complexity index is 65.5. The standard InChI is InChI=1S/C7H17NO2S/c1-2-6-11-7-5-10-4-3-8-9/h8-9H,2-7H2,1H3. The summed E-state index contributed by atoms with van der Waals surface area (Å²) in [5.41, 5.74) is 2.04. The first-order valence-corrected chi connectivity index (χ1v) is 5.09. The maximum atomic E-state index is 8.17. The molecule has 2 N–H and O–H groups in total. The van der Waals surface area contributed by atoms with Gasteiger partial charge >= 0.3 is 0 Å². The molecule has 0 amide bonds. The van der Waals surface area contributed by atoms with Gasteiger partial charge in [-0.2, -0.15) is 11.8 Å². The van der Waals surface area contributed by atoms with Gasteiger partial charge in [0.15, 0.2) is 0 Å². The molecule has 0 saturated carbocycles. The highest BCUT2D eigenvalue weighted by Crippen LogP contribution is 2.00. The summed E-state index contributed by atoms with van der Waals surface area (Å²) in [6.07, 6.45) is 1.23. The van der Waals surface area contributed by atoms with Crippen LogP contribution in [0, 0.1) is 0 Å². The van der Waals surface area contributed by atoms with Crippen molar-refractivity contribution in [3.05, 3.63) is 0 Å². The molecule has 0 saturated heterocycles. The highest BCUT2D eigenvalue weighted by molar-refractivity contribution is 7.99. The van der Waals surface area contributed by atoms with Crippen LogP contribution in [-0.4, -0.2) is 36.5 Å². The number of thioether (sulfide) groups is 1. The van der Waals surface area contributed by atoms with Crippen molar-refractivity contribution in [1.82, 2.24) is 5.48 Å². The summed E-state index contributed by atoms with van der Waals surface area (Å²) >= 11 is 1.90. The molecule has 0 unspecified atom stereocenters. The first kappa shape index (κ1) is 11.2. The average molecular weight is 179 g/mol. The molecular formula is C7H17NO2S. The van der Waals surface area contributed by atoms with Gasteiger partial charge in [-0.25, -0.2) is 5.48 Å². The SMILES string of the molecule is CCCSCCOCCNO. The van der Waals surface area contributed by atoms with E-state index >= 15 is 0 Å². The van der Waals surface area contributed by atoms with Crippen molar-refractivity contribution in [3.63, 3.8) is 0 Å². The smallest absolute Gasteiger partial charge is 0.0614 e. The molecule has 11 heavy (non-hydrogen) atoms. The Balaban J connectivity index is 2.69. The highest BCUT2D eigenvalue weighted by Gasteiger charge is 1.88. The maximum absolute atomic E-state index is 8.17. The molecule has 0 radical (unpaired) electrons. The Kier molecular flexibility index (Phi) is 10.4. The first-order valence-electron chi connectivity index (χ1n) is 3.94. The molecule has 0 spiro atoms. The Morgan fingerprint density at radius 2 is 2.18 bits per heavy atom. The number of nitrogens with one attached hydrogen (secondary N) is 1. The zero-order valence-electron chi connectivity index (χ0n) is 7.01. The summed E-state index contributed by atoms with van der Waals surface area (Å²) < 4.78 is 5.18. The third-order valence-electron chi connectivity index (χ3n) is 1.08. The lowest BCUT2D eigenvalue weighted by molar-refractivity contribution is 0.0985. The molecule has 0 aliphatic rings.